The molecule has 5 heteroatoms. The van der Waals surface area contributed by atoms with E-state index in [9.17, 15) is 14.5 Å². The Morgan fingerprint density at radius 1 is 1.64 bits per heavy atom. The quantitative estimate of drug-likeness (QED) is 0.597. The van der Waals surface area contributed by atoms with Crippen LogP contribution in [0.3, 0.4) is 0 Å². The first kappa shape index (κ1) is 10.6. The van der Waals surface area contributed by atoms with E-state index in [4.69, 9.17) is 5.73 Å². The van der Waals surface area contributed by atoms with Crippen LogP contribution in [0.25, 0.3) is 0 Å². The van der Waals surface area contributed by atoms with Crippen LogP contribution in [0, 0.1) is 15.9 Å². The molecule has 0 fully saturated rings. The van der Waals surface area contributed by atoms with Crippen molar-refractivity contribution in [1.82, 2.24) is 0 Å². The second-order valence-corrected chi connectivity index (χ2v) is 2.98. The Morgan fingerprint density at radius 2 is 2.29 bits per heavy atom. The summed E-state index contributed by atoms with van der Waals surface area (Å²) >= 11 is 0. The van der Waals surface area contributed by atoms with Gasteiger partial charge >= 0.3 is 5.69 Å². The monoisotopic (exact) mass is 198 g/mol. The van der Waals surface area contributed by atoms with Crippen LogP contribution in [0.4, 0.5) is 10.1 Å². The zero-order valence-corrected chi connectivity index (χ0v) is 7.74. The molecule has 0 aromatic heterocycles. The van der Waals surface area contributed by atoms with Gasteiger partial charge in [0.1, 0.15) is 0 Å². The highest BCUT2D eigenvalue weighted by atomic mass is 19.1. The average Bonchev–Trinajstić information content (AvgIpc) is 2.17. The first-order valence-electron chi connectivity index (χ1n) is 4.25. The van der Waals surface area contributed by atoms with Crippen LogP contribution >= 0.6 is 0 Å². The minimum absolute atomic E-state index is 0.283. The van der Waals surface area contributed by atoms with Crippen molar-refractivity contribution in [2.75, 3.05) is 0 Å². The van der Waals surface area contributed by atoms with Crippen molar-refractivity contribution in [3.05, 3.63) is 39.7 Å². The number of nitro groups is 1. The molecule has 0 amide bonds. The molecule has 0 aliphatic rings. The Kier molecular flexibility index (Phi) is 3.14. The minimum atomic E-state index is -0.831. The lowest BCUT2D eigenvalue weighted by Gasteiger charge is -2.08. The zero-order chi connectivity index (χ0) is 10.7. The highest BCUT2D eigenvalue weighted by molar-refractivity contribution is 5.37. The van der Waals surface area contributed by atoms with Crippen LogP contribution in [0.15, 0.2) is 18.2 Å². The second-order valence-electron chi connectivity index (χ2n) is 2.98. The smallest absolute Gasteiger partial charge is 0.305 e. The maximum absolute atomic E-state index is 12.9. The maximum Gasteiger partial charge on any atom is 0.305 e. The summed E-state index contributed by atoms with van der Waals surface area (Å²) in [6.45, 7) is 1.86. The standard InChI is InChI=1S/C9H11FN2O2/c1-2-8(11)6-3-4-7(10)9(5-6)12(13)14/h3-5,8H,2,11H2,1H3/t8-/m0/s1. The van der Waals surface area contributed by atoms with Gasteiger partial charge in [0.2, 0.25) is 5.82 Å². The van der Waals surface area contributed by atoms with E-state index in [1.807, 2.05) is 6.92 Å². The first-order chi connectivity index (χ1) is 6.56. The normalized spacial score (nSPS) is 12.5. The van der Waals surface area contributed by atoms with Crippen molar-refractivity contribution in [2.24, 2.45) is 5.73 Å². The van der Waals surface area contributed by atoms with Gasteiger partial charge < -0.3 is 5.73 Å². The lowest BCUT2D eigenvalue weighted by Crippen LogP contribution is -2.09. The summed E-state index contributed by atoms with van der Waals surface area (Å²) in [6, 6.07) is 3.44. The van der Waals surface area contributed by atoms with Crippen molar-refractivity contribution in [3.8, 4) is 0 Å². The zero-order valence-electron chi connectivity index (χ0n) is 7.74. The predicted molar refractivity (Wildman–Crippen MR) is 50.3 cm³/mol. The highest BCUT2D eigenvalue weighted by Gasteiger charge is 2.16. The molecule has 0 spiro atoms. The van der Waals surface area contributed by atoms with E-state index < -0.39 is 16.4 Å². The van der Waals surface area contributed by atoms with E-state index in [1.54, 1.807) is 0 Å². The number of hydrogen-bond donors (Lipinski definition) is 1. The number of hydrogen-bond acceptors (Lipinski definition) is 3. The van der Waals surface area contributed by atoms with Crippen LogP contribution in [0.5, 0.6) is 0 Å². The lowest BCUT2D eigenvalue weighted by atomic mass is 10.0. The van der Waals surface area contributed by atoms with Crippen molar-refractivity contribution in [2.45, 2.75) is 19.4 Å². The molecule has 0 unspecified atom stereocenters. The third kappa shape index (κ3) is 2.05. The number of nitrogens with zero attached hydrogens (tertiary/aromatic N) is 1. The molecular weight excluding hydrogens is 187 g/mol. The van der Waals surface area contributed by atoms with Gasteiger partial charge in [0.15, 0.2) is 0 Å². The topological polar surface area (TPSA) is 69.2 Å². The SMILES string of the molecule is CC[C@H](N)c1ccc(F)c([N+](=O)[O-])c1. The summed E-state index contributed by atoms with van der Waals surface area (Å²) in [7, 11) is 0. The molecule has 0 aliphatic heterocycles. The Balaban J connectivity index is 3.12. The number of nitro benzene ring substituents is 1. The Bertz CT molecular complexity index is 355. The molecule has 76 valence electrons. The first-order valence-corrected chi connectivity index (χ1v) is 4.25. The molecule has 1 rings (SSSR count). The summed E-state index contributed by atoms with van der Waals surface area (Å²) in [5.41, 5.74) is 5.73. The van der Waals surface area contributed by atoms with Gasteiger partial charge in [-0.15, -0.1) is 0 Å². The van der Waals surface area contributed by atoms with Crippen molar-refractivity contribution in [3.63, 3.8) is 0 Å². The summed E-state index contributed by atoms with van der Waals surface area (Å²) < 4.78 is 12.9. The van der Waals surface area contributed by atoms with Gasteiger partial charge in [0.25, 0.3) is 0 Å². The highest BCUT2D eigenvalue weighted by Crippen LogP contribution is 2.22. The van der Waals surface area contributed by atoms with E-state index in [1.165, 1.54) is 12.1 Å². The molecule has 2 N–H and O–H groups in total. The van der Waals surface area contributed by atoms with Crippen LogP contribution < -0.4 is 5.73 Å². The van der Waals surface area contributed by atoms with Gasteiger partial charge in [-0.25, -0.2) is 0 Å². The summed E-state index contributed by atoms with van der Waals surface area (Å²) in [4.78, 5) is 9.66. The number of rotatable bonds is 3. The van der Waals surface area contributed by atoms with Crippen LogP contribution in [-0.4, -0.2) is 4.92 Å². The fourth-order valence-corrected chi connectivity index (χ4v) is 1.14. The fraction of sp³-hybridized carbons (Fsp3) is 0.333. The Hall–Kier alpha value is -1.49. The minimum Gasteiger partial charge on any atom is -0.324 e. The fourth-order valence-electron chi connectivity index (χ4n) is 1.14. The molecular formula is C9H11FN2O2. The lowest BCUT2D eigenvalue weighted by molar-refractivity contribution is -0.387. The van der Waals surface area contributed by atoms with Gasteiger partial charge in [-0.2, -0.15) is 4.39 Å². The predicted octanol–water partition coefficient (Wildman–Crippen LogP) is 2.14. The van der Waals surface area contributed by atoms with E-state index in [0.717, 1.165) is 6.07 Å². The van der Waals surface area contributed by atoms with Gasteiger partial charge in [-0.05, 0) is 18.1 Å². The van der Waals surface area contributed by atoms with E-state index in [-0.39, 0.29) is 6.04 Å². The largest absolute Gasteiger partial charge is 0.324 e. The summed E-state index contributed by atoms with van der Waals surface area (Å²) in [5.74, 6) is -0.831. The molecule has 0 bridgehead atoms. The maximum atomic E-state index is 12.9. The molecule has 4 nitrogen and oxygen atoms in total. The van der Waals surface area contributed by atoms with Crippen molar-refractivity contribution in [1.29, 1.82) is 0 Å². The molecule has 14 heavy (non-hydrogen) atoms. The molecule has 0 aliphatic carbocycles. The number of nitrogens with two attached hydrogens (primary N) is 1. The van der Waals surface area contributed by atoms with Crippen LogP contribution in [-0.2, 0) is 0 Å². The van der Waals surface area contributed by atoms with Crippen LogP contribution in [0.2, 0.25) is 0 Å². The second kappa shape index (κ2) is 4.15. The molecule has 0 radical (unpaired) electrons. The van der Waals surface area contributed by atoms with Gasteiger partial charge in [0.05, 0.1) is 4.92 Å². The van der Waals surface area contributed by atoms with Crippen LogP contribution in [0.1, 0.15) is 24.9 Å². The van der Waals surface area contributed by atoms with E-state index in [2.05, 4.69) is 0 Å². The number of benzene rings is 1. The van der Waals surface area contributed by atoms with E-state index >= 15 is 0 Å². The molecule has 1 aromatic rings. The van der Waals surface area contributed by atoms with E-state index in [0.29, 0.717) is 12.0 Å². The summed E-state index contributed by atoms with van der Waals surface area (Å²) in [5, 5.41) is 10.4. The van der Waals surface area contributed by atoms with Crippen molar-refractivity contribution < 1.29 is 9.31 Å². The summed E-state index contributed by atoms with van der Waals surface area (Å²) in [6.07, 6.45) is 0.656. The van der Waals surface area contributed by atoms with Gasteiger partial charge in [-0.3, -0.25) is 10.1 Å². The number of halogens is 1. The third-order valence-electron chi connectivity index (χ3n) is 2.03. The molecule has 1 atom stereocenters. The average molecular weight is 198 g/mol. The van der Waals surface area contributed by atoms with Crippen molar-refractivity contribution >= 4 is 5.69 Å². The third-order valence-corrected chi connectivity index (χ3v) is 2.03. The van der Waals surface area contributed by atoms with Gasteiger partial charge in [-0.1, -0.05) is 13.0 Å². The van der Waals surface area contributed by atoms with Gasteiger partial charge in [0, 0.05) is 12.1 Å². The Labute approximate surface area is 80.7 Å². The molecule has 1 aromatic carbocycles. The molecule has 0 saturated carbocycles. The Morgan fingerprint density at radius 3 is 2.79 bits per heavy atom. The molecule has 0 saturated heterocycles. The molecule has 0 heterocycles.